The zero-order valence-electron chi connectivity index (χ0n) is 11.8. The fourth-order valence-corrected chi connectivity index (χ4v) is 3.20. The average Bonchev–Trinajstić information content (AvgIpc) is 2.32. The van der Waals surface area contributed by atoms with Gasteiger partial charge in [-0.2, -0.15) is 0 Å². The van der Waals surface area contributed by atoms with E-state index in [1.807, 2.05) is 0 Å². The molecule has 0 aromatic heterocycles. The first-order valence-corrected chi connectivity index (χ1v) is 7.24. The van der Waals surface area contributed by atoms with Gasteiger partial charge in [0.1, 0.15) is 0 Å². The Kier molecular flexibility index (Phi) is 4.26. The number of nitrogens with one attached hydrogen (secondary N) is 1. The van der Waals surface area contributed by atoms with Crippen molar-refractivity contribution in [1.82, 2.24) is 10.2 Å². The Hall–Kier alpha value is -0.340. The Morgan fingerprint density at radius 3 is 2.65 bits per heavy atom. The van der Waals surface area contributed by atoms with Gasteiger partial charge in [-0.05, 0) is 33.6 Å². The minimum absolute atomic E-state index is 0.445. The number of nitrogens with zero attached hydrogens (tertiary/aromatic N) is 1. The minimum atomic E-state index is 0.445. The summed E-state index contributed by atoms with van der Waals surface area (Å²) >= 11 is 0. The summed E-state index contributed by atoms with van der Waals surface area (Å²) in [6.07, 6.45) is 9.40. The van der Waals surface area contributed by atoms with Crippen LogP contribution in [0.1, 0.15) is 52.9 Å². The summed E-state index contributed by atoms with van der Waals surface area (Å²) in [5.41, 5.74) is 1.88. The highest BCUT2D eigenvalue weighted by Crippen LogP contribution is 2.31. The van der Waals surface area contributed by atoms with Crippen LogP contribution in [0.3, 0.4) is 0 Å². The van der Waals surface area contributed by atoms with Gasteiger partial charge in [0.2, 0.25) is 0 Å². The zero-order chi connectivity index (χ0) is 12.3. The van der Waals surface area contributed by atoms with Crippen LogP contribution < -0.4 is 5.32 Å². The number of hydrogen-bond donors (Lipinski definition) is 1. The van der Waals surface area contributed by atoms with Gasteiger partial charge in [-0.15, -0.1) is 0 Å². The Labute approximate surface area is 106 Å². The molecule has 0 bridgehead atoms. The highest BCUT2D eigenvalue weighted by Gasteiger charge is 2.37. The van der Waals surface area contributed by atoms with E-state index >= 15 is 0 Å². The number of rotatable bonds is 2. The van der Waals surface area contributed by atoms with Gasteiger partial charge in [-0.1, -0.05) is 30.9 Å². The van der Waals surface area contributed by atoms with Crippen molar-refractivity contribution >= 4 is 0 Å². The highest BCUT2D eigenvalue weighted by molar-refractivity contribution is 5.02. The lowest BCUT2D eigenvalue weighted by Gasteiger charge is -2.48. The molecule has 1 saturated carbocycles. The fraction of sp³-hybridized carbons (Fsp3) is 0.867. The van der Waals surface area contributed by atoms with Crippen LogP contribution in [0.5, 0.6) is 0 Å². The van der Waals surface area contributed by atoms with Crippen molar-refractivity contribution in [3.8, 4) is 0 Å². The second kappa shape index (κ2) is 5.53. The van der Waals surface area contributed by atoms with Crippen molar-refractivity contribution in [2.45, 2.75) is 64.5 Å². The van der Waals surface area contributed by atoms with Gasteiger partial charge in [-0.25, -0.2) is 0 Å². The Bertz CT molecular complexity index is 273. The highest BCUT2D eigenvalue weighted by atomic mass is 15.2. The maximum Gasteiger partial charge on any atom is 0.0309 e. The zero-order valence-corrected chi connectivity index (χ0v) is 11.8. The first-order valence-electron chi connectivity index (χ1n) is 7.24. The second-order valence-corrected chi connectivity index (χ2v) is 6.28. The van der Waals surface area contributed by atoms with Crippen molar-refractivity contribution in [2.24, 2.45) is 0 Å². The summed E-state index contributed by atoms with van der Waals surface area (Å²) in [6.45, 7) is 10.3. The molecule has 0 amide bonds. The molecule has 1 atom stereocenters. The average molecular weight is 236 g/mol. The van der Waals surface area contributed by atoms with Crippen LogP contribution in [0.25, 0.3) is 0 Å². The summed E-state index contributed by atoms with van der Waals surface area (Å²) in [6, 6.07) is 0.679. The largest absolute Gasteiger partial charge is 0.308 e. The molecule has 0 aromatic carbocycles. The minimum Gasteiger partial charge on any atom is -0.308 e. The molecule has 1 saturated heterocycles. The van der Waals surface area contributed by atoms with Crippen LogP contribution in [0.4, 0.5) is 0 Å². The Balaban J connectivity index is 1.97. The van der Waals surface area contributed by atoms with E-state index in [4.69, 9.17) is 0 Å². The lowest BCUT2D eigenvalue weighted by molar-refractivity contribution is 0.0717. The van der Waals surface area contributed by atoms with Gasteiger partial charge >= 0.3 is 0 Å². The molecule has 1 heterocycles. The van der Waals surface area contributed by atoms with E-state index in [0.717, 1.165) is 13.1 Å². The molecule has 2 fully saturated rings. The van der Waals surface area contributed by atoms with Gasteiger partial charge in [0.05, 0.1) is 0 Å². The first kappa shape index (κ1) is 13.1. The van der Waals surface area contributed by atoms with E-state index < -0.39 is 0 Å². The van der Waals surface area contributed by atoms with E-state index in [1.54, 1.807) is 0 Å². The molecule has 1 aliphatic heterocycles. The molecule has 0 radical (unpaired) electrons. The third kappa shape index (κ3) is 3.32. The molecule has 17 heavy (non-hydrogen) atoms. The van der Waals surface area contributed by atoms with E-state index in [2.05, 4.69) is 37.1 Å². The predicted octanol–water partition coefficient (Wildman–Crippen LogP) is 2.95. The summed E-state index contributed by atoms with van der Waals surface area (Å²) in [7, 11) is 0. The van der Waals surface area contributed by atoms with Crippen LogP contribution in [-0.2, 0) is 0 Å². The molecule has 2 rings (SSSR count). The van der Waals surface area contributed by atoms with Crippen molar-refractivity contribution in [3.63, 3.8) is 0 Å². The Morgan fingerprint density at radius 2 is 2.00 bits per heavy atom. The molecule has 2 nitrogen and oxygen atoms in total. The molecule has 1 aliphatic carbocycles. The smallest absolute Gasteiger partial charge is 0.0309 e. The lowest BCUT2D eigenvalue weighted by Crippen LogP contribution is -2.64. The molecule has 2 aliphatic rings. The van der Waals surface area contributed by atoms with E-state index in [1.165, 1.54) is 44.2 Å². The maximum absolute atomic E-state index is 3.84. The SMILES string of the molecule is CC(C)=CCN1CC2(CCCCC2)NCC1C. The molecule has 98 valence electrons. The van der Waals surface area contributed by atoms with Crippen LogP contribution in [0, 0.1) is 0 Å². The third-order valence-electron chi connectivity index (χ3n) is 4.45. The summed E-state index contributed by atoms with van der Waals surface area (Å²) in [5, 5.41) is 3.84. The molecule has 0 aromatic rings. The second-order valence-electron chi connectivity index (χ2n) is 6.28. The van der Waals surface area contributed by atoms with E-state index in [0.29, 0.717) is 11.6 Å². The van der Waals surface area contributed by atoms with Crippen LogP contribution in [0.15, 0.2) is 11.6 Å². The van der Waals surface area contributed by atoms with Gasteiger partial charge in [-0.3, -0.25) is 4.90 Å². The summed E-state index contributed by atoms with van der Waals surface area (Å²) in [5.74, 6) is 0. The normalized spacial score (nSPS) is 29.2. The number of allylic oxidation sites excluding steroid dienone is 1. The maximum atomic E-state index is 3.84. The van der Waals surface area contributed by atoms with Gasteiger partial charge < -0.3 is 5.32 Å². The van der Waals surface area contributed by atoms with Crippen molar-refractivity contribution in [3.05, 3.63) is 11.6 Å². The van der Waals surface area contributed by atoms with Gasteiger partial charge in [0, 0.05) is 31.2 Å². The number of piperazine rings is 1. The molecular formula is C15H28N2. The quantitative estimate of drug-likeness (QED) is 0.742. The van der Waals surface area contributed by atoms with Crippen LogP contribution in [0.2, 0.25) is 0 Å². The summed E-state index contributed by atoms with van der Waals surface area (Å²) in [4.78, 5) is 2.66. The van der Waals surface area contributed by atoms with Crippen LogP contribution in [-0.4, -0.2) is 36.1 Å². The molecule has 1 spiro atoms. The third-order valence-corrected chi connectivity index (χ3v) is 4.45. The number of hydrogen-bond acceptors (Lipinski definition) is 2. The molecule has 1 unspecified atom stereocenters. The first-order chi connectivity index (χ1) is 8.11. The van der Waals surface area contributed by atoms with Crippen molar-refractivity contribution < 1.29 is 0 Å². The van der Waals surface area contributed by atoms with E-state index in [-0.39, 0.29) is 0 Å². The van der Waals surface area contributed by atoms with Crippen molar-refractivity contribution in [2.75, 3.05) is 19.6 Å². The van der Waals surface area contributed by atoms with Gasteiger partial charge in [0.15, 0.2) is 0 Å². The lowest BCUT2D eigenvalue weighted by atomic mass is 9.79. The molecule has 2 heteroatoms. The monoisotopic (exact) mass is 236 g/mol. The Morgan fingerprint density at radius 1 is 1.29 bits per heavy atom. The predicted molar refractivity (Wildman–Crippen MR) is 74.3 cm³/mol. The van der Waals surface area contributed by atoms with Crippen molar-refractivity contribution in [1.29, 1.82) is 0 Å². The standard InChI is InChI=1S/C15H28N2/c1-13(2)7-10-17-12-15(16-11-14(17)3)8-5-4-6-9-15/h7,14,16H,4-6,8-12H2,1-3H3. The van der Waals surface area contributed by atoms with Gasteiger partial charge in [0.25, 0.3) is 0 Å². The fourth-order valence-electron chi connectivity index (χ4n) is 3.20. The van der Waals surface area contributed by atoms with E-state index in [9.17, 15) is 0 Å². The topological polar surface area (TPSA) is 15.3 Å². The molecular weight excluding hydrogens is 208 g/mol. The van der Waals surface area contributed by atoms with Crippen LogP contribution >= 0.6 is 0 Å². The molecule has 1 N–H and O–H groups in total. The summed E-state index contributed by atoms with van der Waals surface area (Å²) < 4.78 is 0.